The number of nitrogens with two attached hydrogens (primary N) is 2. The highest BCUT2D eigenvalue weighted by Crippen LogP contribution is 2.32. The van der Waals surface area contributed by atoms with Gasteiger partial charge in [0.05, 0.1) is 5.56 Å². The summed E-state index contributed by atoms with van der Waals surface area (Å²) in [6.45, 7) is 0. The van der Waals surface area contributed by atoms with Gasteiger partial charge in [0.15, 0.2) is 5.84 Å². The minimum Gasteiger partial charge on any atom is -0.382 e. The molecule has 24 heavy (non-hydrogen) atoms. The summed E-state index contributed by atoms with van der Waals surface area (Å²) >= 11 is 3.32. The number of hydrazine groups is 1. The molecule has 0 spiro atoms. The van der Waals surface area contributed by atoms with E-state index in [2.05, 4.69) is 26.3 Å². The third-order valence-corrected chi connectivity index (χ3v) is 3.49. The van der Waals surface area contributed by atoms with E-state index in [-0.39, 0.29) is 11.5 Å². The molecule has 0 saturated carbocycles. The number of hydrogen-bond acceptors (Lipinski definition) is 4. The molecule has 0 radical (unpaired) electrons. The maximum atomic E-state index is 12.8. The summed E-state index contributed by atoms with van der Waals surface area (Å²) in [5.41, 5.74) is 6.44. The van der Waals surface area contributed by atoms with Gasteiger partial charge in [0.1, 0.15) is 0 Å². The average Bonchev–Trinajstić information content (AvgIpc) is 2.48. The lowest BCUT2D eigenvalue weighted by Crippen LogP contribution is -2.26. The summed E-state index contributed by atoms with van der Waals surface area (Å²) < 4.78 is 39.2. The first-order valence-electron chi connectivity index (χ1n) is 6.73. The van der Waals surface area contributed by atoms with Gasteiger partial charge in [-0.2, -0.15) is 13.2 Å². The predicted molar refractivity (Wildman–Crippen MR) is 91.5 cm³/mol. The van der Waals surface area contributed by atoms with Gasteiger partial charge >= 0.3 is 6.18 Å². The molecule has 0 aromatic heterocycles. The van der Waals surface area contributed by atoms with E-state index in [4.69, 9.17) is 11.6 Å². The molecule has 0 fully saturated rings. The minimum atomic E-state index is -4.41. The Morgan fingerprint density at radius 2 is 1.92 bits per heavy atom. The number of hydrazone groups is 1. The molecular weight excluding hydrogens is 387 g/mol. The molecule has 2 rings (SSSR count). The second-order valence-electron chi connectivity index (χ2n) is 4.95. The number of halogens is 4. The van der Waals surface area contributed by atoms with Gasteiger partial charge in [-0.15, -0.1) is 5.10 Å². The minimum absolute atomic E-state index is 0.121. The van der Waals surface area contributed by atoms with Crippen LogP contribution in [-0.4, -0.2) is 18.0 Å². The molecule has 9 heteroatoms. The number of anilines is 2. The largest absolute Gasteiger partial charge is 0.416 e. The van der Waals surface area contributed by atoms with Gasteiger partial charge in [-0.3, -0.25) is 0 Å². The molecule has 0 aliphatic carbocycles. The highest BCUT2D eigenvalue weighted by atomic mass is 79.9. The van der Waals surface area contributed by atoms with E-state index >= 15 is 0 Å². The van der Waals surface area contributed by atoms with Gasteiger partial charge in [-0.05, 0) is 36.4 Å². The fourth-order valence-electron chi connectivity index (χ4n) is 1.99. The molecule has 128 valence electrons. The number of hydrogen-bond donors (Lipinski definition) is 3. The molecule has 0 unspecified atom stereocenters. The summed E-state index contributed by atoms with van der Waals surface area (Å²) in [4.78, 5) is 0. The molecule has 5 nitrogen and oxygen atoms in total. The second kappa shape index (κ2) is 7.10. The fourth-order valence-corrected chi connectivity index (χ4v) is 2.35. The first kappa shape index (κ1) is 18.1. The first-order valence-corrected chi connectivity index (χ1v) is 7.53. The fraction of sp³-hybridized carbons (Fsp3) is 0.133. The van der Waals surface area contributed by atoms with Crippen molar-refractivity contribution in [3.05, 3.63) is 58.1 Å². The zero-order valence-corrected chi connectivity index (χ0v) is 14.2. The van der Waals surface area contributed by atoms with Crippen LogP contribution in [0.5, 0.6) is 0 Å². The number of rotatable bonds is 4. The Kier molecular flexibility index (Phi) is 5.35. The SMILES string of the molecule is CN(N)/N=C(\N)c1cc(Br)ccc1Nc1cccc(C(F)(F)F)c1. The van der Waals surface area contributed by atoms with Crippen molar-refractivity contribution in [2.45, 2.75) is 6.18 Å². The number of alkyl halides is 3. The first-order chi connectivity index (χ1) is 11.2. The third kappa shape index (κ3) is 4.62. The van der Waals surface area contributed by atoms with Gasteiger partial charge in [0, 0.05) is 28.5 Å². The summed E-state index contributed by atoms with van der Waals surface area (Å²) in [5, 5.41) is 7.88. The van der Waals surface area contributed by atoms with Crippen LogP contribution in [-0.2, 0) is 6.18 Å². The summed E-state index contributed by atoms with van der Waals surface area (Å²) in [6.07, 6.45) is -4.41. The van der Waals surface area contributed by atoms with E-state index in [0.29, 0.717) is 11.3 Å². The van der Waals surface area contributed by atoms with Crippen molar-refractivity contribution in [3.63, 3.8) is 0 Å². The van der Waals surface area contributed by atoms with Crippen molar-refractivity contribution in [3.8, 4) is 0 Å². The lowest BCUT2D eigenvalue weighted by Gasteiger charge is -2.15. The molecule has 0 aliphatic rings. The van der Waals surface area contributed by atoms with E-state index in [9.17, 15) is 13.2 Å². The molecule has 5 N–H and O–H groups in total. The van der Waals surface area contributed by atoms with E-state index in [1.807, 2.05) is 0 Å². The van der Waals surface area contributed by atoms with Crippen LogP contribution in [0.2, 0.25) is 0 Å². The lowest BCUT2D eigenvalue weighted by atomic mass is 10.1. The maximum absolute atomic E-state index is 12.8. The molecular formula is C15H15BrF3N5. The smallest absolute Gasteiger partial charge is 0.382 e. The van der Waals surface area contributed by atoms with Crippen molar-refractivity contribution < 1.29 is 13.2 Å². The summed E-state index contributed by atoms with van der Waals surface area (Å²) in [5.74, 6) is 5.57. The monoisotopic (exact) mass is 401 g/mol. The molecule has 0 atom stereocenters. The van der Waals surface area contributed by atoms with Crippen LogP contribution in [0, 0.1) is 0 Å². The van der Waals surface area contributed by atoms with Crippen LogP contribution >= 0.6 is 15.9 Å². The maximum Gasteiger partial charge on any atom is 0.416 e. The third-order valence-electron chi connectivity index (χ3n) is 2.99. The van der Waals surface area contributed by atoms with Crippen molar-refractivity contribution in [2.75, 3.05) is 12.4 Å². The Labute approximate surface area is 145 Å². The molecule has 0 heterocycles. The van der Waals surface area contributed by atoms with Crippen molar-refractivity contribution >= 4 is 33.1 Å². The second-order valence-corrected chi connectivity index (χ2v) is 5.87. The molecule has 0 amide bonds. The number of nitrogens with one attached hydrogen (secondary N) is 1. The highest BCUT2D eigenvalue weighted by Gasteiger charge is 2.30. The molecule has 2 aromatic rings. The van der Waals surface area contributed by atoms with E-state index in [1.165, 1.54) is 19.2 Å². The Morgan fingerprint density at radius 3 is 2.54 bits per heavy atom. The lowest BCUT2D eigenvalue weighted by molar-refractivity contribution is -0.137. The summed E-state index contributed by atoms with van der Waals surface area (Å²) in [6, 6.07) is 10.00. The van der Waals surface area contributed by atoms with Gasteiger partial charge in [0.2, 0.25) is 0 Å². The molecule has 0 aliphatic heterocycles. The van der Waals surface area contributed by atoms with Gasteiger partial charge in [0.25, 0.3) is 0 Å². The van der Waals surface area contributed by atoms with Crippen molar-refractivity contribution in [1.82, 2.24) is 5.12 Å². The van der Waals surface area contributed by atoms with Gasteiger partial charge in [-0.25, -0.2) is 11.0 Å². The Morgan fingerprint density at radius 1 is 1.21 bits per heavy atom. The Hall–Kier alpha value is -2.26. The van der Waals surface area contributed by atoms with Gasteiger partial charge < -0.3 is 11.1 Å². The number of nitrogens with zero attached hydrogens (tertiary/aromatic N) is 2. The van der Waals surface area contributed by atoms with E-state index in [0.717, 1.165) is 21.7 Å². The van der Waals surface area contributed by atoms with Crippen LogP contribution < -0.4 is 16.9 Å². The van der Waals surface area contributed by atoms with Crippen LogP contribution in [0.15, 0.2) is 52.0 Å². The van der Waals surface area contributed by atoms with Crippen LogP contribution in [0.4, 0.5) is 24.5 Å². The van der Waals surface area contributed by atoms with E-state index < -0.39 is 11.7 Å². The molecule has 0 saturated heterocycles. The Balaban J connectivity index is 2.40. The molecule has 0 bridgehead atoms. The predicted octanol–water partition coefficient (Wildman–Crippen LogP) is 3.64. The summed E-state index contributed by atoms with van der Waals surface area (Å²) in [7, 11) is 1.50. The van der Waals surface area contributed by atoms with Crippen LogP contribution in [0.25, 0.3) is 0 Å². The zero-order valence-electron chi connectivity index (χ0n) is 12.6. The number of amidine groups is 1. The number of benzene rings is 2. The Bertz CT molecular complexity index is 759. The van der Waals surface area contributed by atoms with Gasteiger partial charge in [-0.1, -0.05) is 22.0 Å². The highest BCUT2D eigenvalue weighted by molar-refractivity contribution is 9.10. The average molecular weight is 402 g/mol. The quantitative estimate of drug-likeness (QED) is 0.316. The topological polar surface area (TPSA) is 79.7 Å². The molecule has 2 aromatic carbocycles. The van der Waals surface area contributed by atoms with E-state index in [1.54, 1.807) is 18.2 Å². The standard InChI is InChI=1S/C15H15BrF3N5/c1-24(21)23-14(20)12-8-10(16)5-6-13(12)22-11-4-2-3-9(7-11)15(17,18)19/h2-8,22H,21H2,1H3,(H2,20,23). The van der Waals surface area contributed by atoms with Crippen molar-refractivity contribution in [1.29, 1.82) is 0 Å². The normalized spacial score (nSPS) is 12.2. The van der Waals surface area contributed by atoms with Crippen LogP contribution in [0.3, 0.4) is 0 Å². The zero-order chi connectivity index (χ0) is 17.9. The van der Waals surface area contributed by atoms with Crippen molar-refractivity contribution in [2.24, 2.45) is 16.7 Å². The van der Waals surface area contributed by atoms with Crippen LogP contribution in [0.1, 0.15) is 11.1 Å².